The lowest BCUT2D eigenvalue weighted by molar-refractivity contribution is 0.0380. The van der Waals surface area contributed by atoms with Gasteiger partial charge in [-0.05, 0) is 63.9 Å². The molecule has 5 nitrogen and oxygen atoms in total. The fourth-order valence-corrected chi connectivity index (χ4v) is 4.68. The van der Waals surface area contributed by atoms with Crippen molar-refractivity contribution in [2.45, 2.75) is 85.7 Å². The number of rotatable bonds is 16. The zero-order valence-corrected chi connectivity index (χ0v) is 24.4. The molecule has 3 aromatic rings. The molecule has 5 heteroatoms. The molecule has 0 saturated heterocycles. The zero-order valence-electron chi connectivity index (χ0n) is 24.4. The summed E-state index contributed by atoms with van der Waals surface area (Å²) >= 11 is 0. The first kappa shape index (κ1) is 30.4. The quantitative estimate of drug-likeness (QED) is 0.137. The van der Waals surface area contributed by atoms with Crippen LogP contribution < -0.4 is 0 Å². The Morgan fingerprint density at radius 2 is 1.59 bits per heavy atom. The standard InChI is InChI=1S/C34H45NO4/c1-6-9-16-30-32(31-28(34(37)38-25(4)5)15-12-17-29(31)39-30)33(36)27-20-18-26(19-21-27)14-13-24-35(22-10-7-2)23-11-8-3/h12-15,17-21,25H,6-11,16,22-24H2,1-5H3. The highest BCUT2D eigenvalue weighted by molar-refractivity contribution is 6.20. The number of ether oxygens (including phenoxy) is 1. The van der Waals surface area contributed by atoms with Crippen LogP contribution >= 0.6 is 0 Å². The summed E-state index contributed by atoms with van der Waals surface area (Å²) in [5, 5.41) is 0.544. The maximum Gasteiger partial charge on any atom is 0.339 e. The van der Waals surface area contributed by atoms with Crippen LogP contribution in [0.4, 0.5) is 0 Å². The summed E-state index contributed by atoms with van der Waals surface area (Å²) in [5.41, 5.74) is 3.01. The highest BCUT2D eigenvalue weighted by atomic mass is 16.5. The van der Waals surface area contributed by atoms with Crippen molar-refractivity contribution in [3.05, 3.63) is 76.6 Å². The molecule has 39 heavy (non-hydrogen) atoms. The first-order valence-corrected chi connectivity index (χ1v) is 14.7. The number of fused-ring (bicyclic) bond motifs is 1. The third-order valence-corrected chi connectivity index (χ3v) is 6.84. The van der Waals surface area contributed by atoms with Gasteiger partial charge in [0.15, 0.2) is 5.78 Å². The van der Waals surface area contributed by atoms with E-state index in [9.17, 15) is 9.59 Å². The van der Waals surface area contributed by atoms with E-state index in [0.717, 1.165) is 38.0 Å². The van der Waals surface area contributed by atoms with Crippen LogP contribution in [0.25, 0.3) is 17.0 Å². The van der Waals surface area contributed by atoms with Gasteiger partial charge in [0.2, 0.25) is 0 Å². The van der Waals surface area contributed by atoms with Crippen molar-refractivity contribution in [1.82, 2.24) is 4.90 Å². The van der Waals surface area contributed by atoms with Gasteiger partial charge in [-0.15, -0.1) is 0 Å². The van der Waals surface area contributed by atoms with Gasteiger partial charge >= 0.3 is 5.97 Å². The molecule has 1 heterocycles. The number of hydrogen-bond acceptors (Lipinski definition) is 5. The topological polar surface area (TPSA) is 59.8 Å². The van der Waals surface area contributed by atoms with E-state index < -0.39 is 5.97 Å². The average Bonchev–Trinajstić information content (AvgIpc) is 3.31. The zero-order chi connectivity index (χ0) is 28.2. The maximum atomic E-state index is 13.9. The molecule has 0 atom stereocenters. The second-order valence-electron chi connectivity index (χ2n) is 10.5. The van der Waals surface area contributed by atoms with Crippen molar-refractivity contribution in [3.8, 4) is 0 Å². The van der Waals surface area contributed by atoms with E-state index >= 15 is 0 Å². The monoisotopic (exact) mass is 531 g/mol. The van der Waals surface area contributed by atoms with Crippen molar-refractivity contribution in [3.63, 3.8) is 0 Å². The van der Waals surface area contributed by atoms with E-state index in [0.29, 0.717) is 39.8 Å². The van der Waals surface area contributed by atoms with Crippen molar-refractivity contribution >= 4 is 28.8 Å². The number of carbonyl (C=O) groups is 2. The summed E-state index contributed by atoms with van der Waals surface area (Å²) in [6.07, 6.45) is 11.4. The Bertz CT molecular complexity index is 1230. The fraction of sp³-hybridized carbons (Fsp3) is 0.471. The van der Waals surface area contributed by atoms with E-state index in [4.69, 9.17) is 9.15 Å². The Labute approximate surface area is 234 Å². The Morgan fingerprint density at radius 3 is 2.21 bits per heavy atom. The van der Waals surface area contributed by atoms with Gasteiger partial charge in [-0.3, -0.25) is 9.69 Å². The summed E-state index contributed by atoms with van der Waals surface area (Å²) in [5.74, 6) is 0.0512. The summed E-state index contributed by atoms with van der Waals surface area (Å²) in [6.45, 7) is 13.4. The number of ketones is 1. The molecular formula is C34H45NO4. The van der Waals surface area contributed by atoms with Gasteiger partial charge in [-0.1, -0.05) is 82.5 Å². The second-order valence-corrected chi connectivity index (χ2v) is 10.5. The van der Waals surface area contributed by atoms with Crippen LogP contribution in [0.2, 0.25) is 0 Å². The smallest absolute Gasteiger partial charge is 0.339 e. The van der Waals surface area contributed by atoms with Crippen molar-refractivity contribution < 1.29 is 18.7 Å². The summed E-state index contributed by atoms with van der Waals surface area (Å²) < 4.78 is 11.6. The van der Waals surface area contributed by atoms with Crippen LogP contribution in [-0.4, -0.2) is 42.4 Å². The van der Waals surface area contributed by atoms with Crippen LogP contribution in [0.15, 0.2) is 53.0 Å². The molecule has 0 bridgehead atoms. The van der Waals surface area contributed by atoms with Crippen molar-refractivity contribution in [1.29, 1.82) is 0 Å². The molecule has 0 aliphatic carbocycles. The molecule has 210 valence electrons. The molecule has 0 fully saturated rings. The molecular weight excluding hydrogens is 486 g/mol. The highest BCUT2D eigenvalue weighted by Crippen LogP contribution is 2.33. The Balaban J connectivity index is 1.87. The first-order valence-electron chi connectivity index (χ1n) is 14.7. The molecule has 0 N–H and O–H groups in total. The molecule has 0 unspecified atom stereocenters. The third kappa shape index (κ3) is 8.40. The molecule has 2 aromatic carbocycles. The SMILES string of the molecule is CCCCc1oc2cccc(C(=O)OC(C)C)c2c1C(=O)c1ccc(C=CCN(CCCC)CCCC)cc1. The van der Waals surface area contributed by atoms with Gasteiger partial charge < -0.3 is 9.15 Å². The molecule has 3 rings (SSSR count). The predicted octanol–water partition coefficient (Wildman–Crippen LogP) is 8.49. The molecule has 0 aliphatic heterocycles. The number of unbranched alkanes of at least 4 members (excludes halogenated alkanes) is 3. The normalized spacial score (nSPS) is 11.8. The van der Waals surface area contributed by atoms with Crippen LogP contribution in [-0.2, 0) is 11.2 Å². The highest BCUT2D eigenvalue weighted by Gasteiger charge is 2.26. The van der Waals surface area contributed by atoms with Crippen molar-refractivity contribution in [2.75, 3.05) is 19.6 Å². The van der Waals surface area contributed by atoms with Gasteiger partial charge in [0.1, 0.15) is 11.3 Å². The predicted molar refractivity (Wildman–Crippen MR) is 161 cm³/mol. The lowest BCUT2D eigenvalue weighted by Crippen LogP contribution is -2.26. The lowest BCUT2D eigenvalue weighted by Gasteiger charge is -2.19. The Hall–Kier alpha value is -3.18. The maximum absolute atomic E-state index is 13.9. The van der Waals surface area contributed by atoms with E-state index in [1.807, 2.05) is 44.2 Å². The van der Waals surface area contributed by atoms with E-state index in [1.54, 1.807) is 12.1 Å². The number of aryl methyl sites for hydroxylation is 1. The van der Waals surface area contributed by atoms with Gasteiger partial charge in [0.25, 0.3) is 0 Å². The fourth-order valence-electron chi connectivity index (χ4n) is 4.68. The number of esters is 1. The molecule has 0 spiro atoms. The number of furan rings is 1. The number of hydrogen-bond donors (Lipinski definition) is 0. The number of nitrogens with zero attached hydrogens (tertiary/aromatic N) is 1. The molecule has 1 aromatic heterocycles. The van der Waals surface area contributed by atoms with Crippen LogP contribution in [0, 0.1) is 0 Å². The van der Waals surface area contributed by atoms with Crippen LogP contribution in [0.1, 0.15) is 111 Å². The average molecular weight is 532 g/mol. The van der Waals surface area contributed by atoms with E-state index in [2.05, 4.69) is 37.8 Å². The second kappa shape index (κ2) is 15.4. The third-order valence-electron chi connectivity index (χ3n) is 6.84. The molecule has 0 amide bonds. The van der Waals surface area contributed by atoms with Gasteiger partial charge in [0, 0.05) is 23.9 Å². The van der Waals surface area contributed by atoms with Crippen LogP contribution in [0.5, 0.6) is 0 Å². The summed E-state index contributed by atoms with van der Waals surface area (Å²) in [6, 6.07) is 13.0. The van der Waals surface area contributed by atoms with E-state index in [-0.39, 0.29) is 11.9 Å². The minimum Gasteiger partial charge on any atom is -0.460 e. The summed E-state index contributed by atoms with van der Waals surface area (Å²) in [7, 11) is 0. The number of carbonyl (C=O) groups excluding carboxylic acids is 2. The van der Waals surface area contributed by atoms with E-state index in [1.165, 1.54) is 25.7 Å². The summed E-state index contributed by atoms with van der Waals surface area (Å²) in [4.78, 5) is 29.3. The first-order chi connectivity index (χ1) is 18.9. The molecule has 0 saturated carbocycles. The largest absolute Gasteiger partial charge is 0.460 e. The lowest BCUT2D eigenvalue weighted by atomic mass is 9.95. The van der Waals surface area contributed by atoms with Crippen LogP contribution in [0.3, 0.4) is 0 Å². The minimum atomic E-state index is -0.445. The van der Waals surface area contributed by atoms with Crippen molar-refractivity contribution in [2.24, 2.45) is 0 Å². The molecule has 0 aliphatic rings. The van der Waals surface area contributed by atoms with Gasteiger partial charge in [-0.2, -0.15) is 0 Å². The molecule has 0 radical (unpaired) electrons. The minimum absolute atomic E-state index is 0.134. The van der Waals surface area contributed by atoms with Gasteiger partial charge in [0.05, 0.1) is 17.2 Å². The Morgan fingerprint density at radius 1 is 0.923 bits per heavy atom. The number of benzene rings is 2. The van der Waals surface area contributed by atoms with Gasteiger partial charge in [-0.25, -0.2) is 4.79 Å². The Kier molecular flexibility index (Phi) is 12.0.